The number of benzene rings is 10. The molecule has 0 unspecified atom stereocenters. The summed E-state index contributed by atoms with van der Waals surface area (Å²) < 4.78 is 2.29. The summed E-state index contributed by atoms with van der Waals surface area (Å²) in [5.74, 6) is -1.03. The third-order valence-electron chi connectivity index (χ3n) is 14.5. The van der Waals surface area contributed by atoms with Gasteiger partial charge in [0.1, 0.15) is 0 Å². The van der Waals surface area contributed by atoms with Gasteiger partial charge in [0.25, 0.3) is 23.6 Å². The molecule has 0 fully saturated rings. The highest BCUT2D eigenvalue weighted by molar-refractivity contribution is 6.28. The largest absolute Gasteiger partial charge is 0.310 e. The van der Waals surface area contributed by atoms with Gasteiger partial charge in [-0.25, -0.2) is 0 Å². The fraction of sp³-hybridized carbons (Fsp3) is 0.0476. The standard InChI is InChI=1S/C32H22N2O2.C31H20N2O2/c1-33-31(35)26-10-6-9-25-24(17-18-27(30(25)26)32(33)36)20-13-15-23(16-14-20)34-28-11-4-2-7-21(28)19-22-8-3-5-12-29(22)34;1-32-30(34)25-10-6-9-24-21(17-18-26(29(24)25)31(32)35)19-13-15-20(16-14-19)33-27-11-4-2-7-22(27)23-8-3-5-12-28(23)33/h2-18H,19H2,1H3;2-18H,1H3. The maximum Gasteiger partial charge on any atom is 0.261 e. The Morgan fingerprint density at radius 3 is 1.15 bits per heavy atom. The smallest absolute Gasteiger partial charge is 0.261 e. The molecule has 0 atom stereocenters. The van der Waals surface area contributed by atoms with Crippen molar-refractivity contribution < 1.29 is 19.2 Å². The molecule has 14 rings (SSSR count). The second-order valence-corrected chi connectivity index (χ2v) is 18.3. The van der Waals surface area contributed by atoms with E-state index in [0.29, 0.717) is 22.3 Å². The summed E-state index contributed by atoms with van der Waals surface area (Å²) in [6.07, 6.45) is 0.925. The van der Waals surface area contributed by atoms with Crippen molar-refractivity contribution in [2.24, 2.45) is 0 Å². The van der Waals surface area contributed by atoms with Crippen molar-refractivity contribution >= 4 is 84.0 Å². The minimum absolute atomic E-state index is 0.256. The maximum absolute atomic E-state index is 12.8. The van der Waals surface area contributed by atoms with Gasteiger partial charge in [0.2, 0.25) is 0 Å². The van der Waals surface area contributed by atoms with Gasteiger partial charge in [0.05, 0.1) is 11.0 Å². The maximum atomic E-state index is 12.8. The van der Waals surface area contributed by atoms with Gasteiger partial charge >= 0.3 is 0 Å². The lowest BCUT2D eigenvalue weighted by Crippen LogP contribution is -2.36. The summed E-state index contributed by atoms with van der Waals surface area (Å²) in [5.41, 5.74) is 15.9. The van der Waals surface area contributed by atoms with Crippen LogP contribution in [-0.4, -0.2) is 52.1 Å². The van der Waals surface area contributed by atoms with Gasteiger partial charge < -0.3 is 9.47 Å². The number of hydrogen-bond donors (Lipinski definition) is 0. The lowest BCUT2D eigenvalue weighted by Gasteiger charge is -2.33. The topological polar surface area (TPSA) is 82.9 Å². The molecule has 4 heterocycles. The second-order valence-electron chi connectivity index (χ2n) is 18.3. The molecule has 0 radical (unpaired) electrons. The zero-order valence-electron chi connectivity index (χ0n) is 38.8. The van der Waals surface area contributed by atoms with E-state index in [-0.39, 0.29) is 23.6 Å². The molecule has 8 nitrogen and oxygen atoms in total. The summed E-state index contributed by atoms with van der Waals surface area (Å²) in [4.78, 5) is 55.8. The lowest BCUT2D eigenvalue weighted by atomic mass is 9.89. The summed E-state index contributed by atoms with van der Waals surface area (Å²) in [5, 5.41) is 5.78. The Morgan fingerprint density at radius 2 is 0.690 bits per heavy atom. The van der Waals surface area contributed by atoms with E-state index in [1.165, 1.54) is 68.2 Å². The van der Waals surface area contributed by atoms with Crippen LogP contribution in [-0.2, 0) is 6.42 Å². The average molecular weight is 919 g/mol. The van der Waals surface area contributed by atoms with Crippen molar-refractivity contribution in [1.82, 2.24) is 14.4 Å². The number of imide groups is 2. The van der Waals surface area contributed by atoms with Crippen LogP contribution in [0.4, 0.5) is 17.1 Å². The first-order chi connectivity index (χ1) is 34.7. The first kappa shape index (κ1) is 41.8. The van der Waals surface area contributed by atoms with E-state index in [9.17, 15) is 19.2 Å². The quantitative estimate of drug-likeness (QED) is 0.164. The normalized spacial score (nSPS) is 13.7. The summed E-state index contributed by atoms with van der Waals surface area (Å²) >= 11 is 0. The van der Waals surface area contributed by atoms with E-state index in [0.717, 1.165) is 61.6 Å². The average Bonchev–Trinajstić information content (AvgIpc) is 3.76. The number of aromatic nitrogens is 1. The zero-order valence-corrected chi connectivity index (χ0v) is 38.8. The van der Waals surface area contributed by atoms with Gasteiger partial charge in [-0.3, -0.25) is 29.0 Å². The van der Waals surface area contributed by atoms with Gasteiger partial charge in [-0.2, -0.15) is 0 Å². The summed E-state index contributed by atoms with van der Waals surface area (Å²) in [7, 11) is 3.07. The van der Waals surface area contributed by atoms with Crippen LogP contribution in [0.1, 0.15) is 52.6 Å². The van der Waals surface area contributed by atoms with Crippen molar-refractivity contribution in [2.75, 3.05) is 19.0 Å². The molecule has 0 bridgehead atoms. The van der Waals surface area contributed by atoms with Crippen molar-refractivity contribution in [2.45, 2.75) is 6.42 Å². The van der Waals surface area contributed by atoms with E-state index in [1.807, 2.05) is 48.5 Å². The predicted octanol–water partition coefficient (Wildman–Crippen LogP) is 13.9. The van der Waals surface area contributed by atoms with Gasteiger partial charge in [0.15, 0.2) is 0 Å². The molecular formula is C63H42N4O4. The monoisotopic (exact) mass is 918 g/mol. The molecule has 8 heteroatoms. The number of amides is 4. The van der Waals surface area contributed by atoms with Crippen molar-refractivity contribution in [3.8, 4) is 27.9 Å². The first-order valence-corrected chi connectivity index (χ1v) is 23.7. The SMILES string of the molecule is CN1C(=O)c2cccc3c(-c4ccc(-n5c6ccccc6c6ccccc65)cc4)ccc(c23)C1=O.CN1C(=O)c2cccc3c(-c4ccc(N5c6ccccc6Cc6ccccc65)cc4)ccc(c23)C1=O. The molecule has 1 aromatic heterocycles. The minimum atomic E-state index is -0.257. The van der Waals surface area contributed by atoms with Crippen LogP contribution in [0, 0.1) is 0 Å². The number of anilines is 3. The molecule has 0 saturated carbocycles. The highest BCUT2D eigenvalue weighted by Crippen LogP contribution is 2.45. The van der Waals surface area contributed by atoms with Crippen LogP contribution in [0.3, 0.4) is 0 Å². The fourth-order valence-corrected chi connectivity index (χ4v) is 11.1. The second kappa shape index (κ2) is 16.1. The summed E-state index contributed by atoms with van der Waals surface area (Å²) in [6, 6.07) is 70.1. The van der Waals surface area contributed by atoms with Gasteiger partial charge in [-0.05, 0) is 117 Å². The van der Waals surface area contributed by atoms with Crippen molar-refractivity contribution in [3.63, 3.8) is 0 Å². The molecule has 4 amide bonds. The number of nitrogens with zero attached hydrogens (tertiary/aromatic N) is 4. The molecule has 11 aromatic rings. The van der Waals surface area contributed by atoms with Crippen LogP contribution in [0.15, 0.2) is 206 Å². The summed E-state index contributed by atoms with van der Waals surface area (Å²) in [6.45, 7) is 0. The predicted molar refractivity (Wildman–Crippen MR) is 283 cm³/mol. The van der Waals surface area contributed by atoms with Gasteiger partial charge in [0, 0.05) is 87.1 Å². The van der Waals surface area contributed by atoms with Crippen LogP contribution in [0.25, 0.3) is 71.3 Å². The molecule has 3 aliphatic heterocycles. The molecule has 338 valence electrons. The minimum Gasteiger partial charge on any atom is -0.310 e. The Kier molecular flexibility index (Phi) is 9.47. The Labute approximate surface area is 408 Å². The number of fused-ring (bicyclic) bond motifs is 5. The molecule has 0 saturated heterocycles. The van der Waals surface area contributed by atoms with Gasteiger partial charge in [-0.15, -0.1) is 0 Å². The van der Waals surface area contributed by atoms with E-state index in [4.69, 9.17) is 0 Å². The number of hydrogen-bond acceptors (Lipinski definition) is 5. The molecule has 0 spiro atoms. The zero-order chi connectivity index (χ0) is 48.1. The Hall–Kier alpha value is -9.40. The molecule has 3 aliphatic rings. The van der Waals surface area contributed by atoms with E-state index in [2.05, 4.69) is 155 Å². The molecule has 10 aromatic carbocycles. The number of para-hydroxylation sites is 4. The highest BCUT2D eigenvalue weighted by atomic mass is 16.2. The molecular weight excluding hydrogens is 877 g/mol. The van der Waals surface area contributed by atoms with Crippen LogP contribution in [0.5, 0.6) is 0 Å². The number of rotatable bonds is 4. The van der Waals surface area contributed by atoms with Crippen molar-refractivity contribution in [1.29, 1.82) is 0 Å². The van der Waals surface area contributed by atoms with Crippen LogP contribution in [0.2, 0.25) is 0 Å². The molecule has 0 N–H and O–H groups in total. The van der Waals surface area contributed by atoms with Gasteiger partial charge in [-0.1, -0.05) is 133 Å². The van der Waals surface area contributed by atoms with E-state index in [1.54, 1.807) is 12.1 Å². The Bertz CT molecular complexity index is 3950. The fourth-order valence-electron chi connectivity index (χ4n) is 11.1. The van der Waals surface area contributed by atoms with E-state index < -0.39 is 0 Å². The number of carbonyl (C=O) groups excluding carboxylic acids is 4. The Balaban J connectivity index is 0.000000139. The van der Waals surface area contributed by atoms with Crippen LogP contribution < -0.4 is 4.90 Å². The van der Waals surface area contributed by atoms with Crippen molar-refractivity contribution in [3.05, 3.63) is 240 Å². The van der Waals surface area contributed by atoms with E-state index >= 15 is 0 Å². The third-order valence-corrected chi connectivity index (χ3v) is 14.5. The third kappa shape index (κ3) is 6.38. The number of carbonyl (C=O) groups is 4. The Morgan fingerprint density at radius 1 is 0.324 bits per heavy atom. The molecule has 71 heavy (non-hydrogen) atoms. The lowest BCUT2D eigenvalue weighted by molar-refractivity contribution is 0.0635. The molecule has 0 aliphatic carbocycles. The van der Waals surface area contributed by atoms with Crippen LogP contribution >= 0.6 is 0 Å². The highest BCUT2D eigenvalue weighted by Gasteiger charge is 2.32. The first-order valence-electron chi connectivity index (χ1n) is 23.7.